The molecule has 110 valence electrons. The number of hydrogen-bond acceptors (Lipinski definition) is 2. The average Bonchev–Trinajstić information content (AvgIpc) is 2.93. The zero-order valence-electron chi connectivity index (χ0n) is 11.2. The summed E-state index contributed by atoms with van der Waals surface area (Å²) in [5, 5.41) is 0.717. The lowest BCUT2D eigenvalue weighted by Gasteiger charge is -2.12. The van der Waals surface area contributed by atoms with E-state index in [4.69, 9.17) is 32.7 Å². The number of fused-ring (bicyclic) bond motifs is 1. The van der Waals surface area contributed by atoms with Gasteiger partial charge in [-0.15, -0.1) is 11.6 Å². The Balaban J connectivity index is 1.79. The van der Waals surface area contributed by atoms with Crippen LogP contribution >= 0.6 is 39.1 Å². The summed E-state index contributed by atoms with van der Waals surface area (Å²) in [4.78, 5) is 0. The number of benzene rings is 2. The minimum atomic E-state index is 0.418. The van der Waals surface area contributed by atoms with E-state index >= 15 is 0 Å². The zero-order chi connectivity index (χ0) is 14.8. The molecule has 2 nitrogen and oxygen atoms in total. The first-order valence-corrected chi connectivity index (χ1v) is 8.29. The molecule has 0 aromatic heterocycles. The molecule has 0 bridgehead atoms. The van der Waals surface area contributed by atoms with Crippen LogP contribution < -0.4 is 9.47 Å². The third kappa shape index (κ3) is 3.31. The molecule has 0 radical (unpaired) electrons. The lowest BCUT2D eigenvalue weighted by molar-refractivity contribution is 0.290. The standard InChI is InChI=1S/C16H13BrCl2O2/c17-14-5-10(8-18)1-2-15(14)21-9-12-7-13(19)6-11-3-4-20-16(11)12/h1-2,5-7H,3-4,8-9H2. The SMILES string of the molecule is ClCc1ccc(OCc2cc(Cl)cc3c2OCC3)c(Br)c1. The zero-order valence-corrected chi connectivity index (χ0v) is 14.3. The Labute approximate surface area is 142 Å². The van der Waals surface area contributed by atoms with Crippen molar-refractivity contribution in [2.75, 3.05) is 6.61 Å². The van der Waals surface area contributed by atoms with Crippen LogP contribution in [0.3, 0.4) is 0 Å². The van der Waals surface area contributed by atoms with Crippen molar-refractivity contribution in [1.29, 1.82) is 0 Å². The molecule has 21 heavy (non-hydrogen) atoms. The summed E-state index contributed by atoms with van der Waals surface area (Å²) in [6, 6.07) is 9.67. The highest BCUT2D eigenvalue weighted by Gasteiger charge is 2.18. The van der Waals surface area contributed by atoms with Crippen molar-refractivity contribution >= 4 is 39.1 Å². The molecule has 1 aliphatic rings. The molecule has 1 heterocycles. The summed E-state index contributed by atoms with van der Waals surface area (Å²) in [6.07, 6.45) is 0.900. The van der Waals surface area contributed by atoms with Crippen LogP contribution in [0.15, 0.2) is 34.8 Å². The monoisotopic (exact) mass is 386 g/mol. The summed E-state index contributed by atoms with van der Waals surface area (Å²) in [7, 11) is 0. The Morgan fingerprint density at radius 3 is 2.86 bits per heavy atom. The van der Waals surface area contributed by atoms with Crippen LogP contribution in [0.2, 0.25) is 5.02 Å². The Hall–Kier alpha value is -0.900. The predicted molar refractivity (Wildman–Crippen MR) is 88.7 cm³/mol. The van der Waals surface area contributed by atoms with Gasteiger partial charge in [0.05, 0.1) is 11.1 Å². The molecule has 1 aliphatic heterocycles. The smallest absolute Gasteiger partial charge is 0.134 e. The molecule has 0 amide bonds. The Morgan fingerprint density at radius 1 is 1.24 bits per heavy atom. The number of rotatable bonds is 4. The summed E-state index contributed by atoms with van der Waals surface area (Å²) in [5.41, 5.74) is 3.17. The highest BCUT2D eigenvalue weighted by molar-refractivity contribution is 9.10. The van der Waals surface area contributed by atoms with Crippen molar-refractivity contribution in [3.05, 3.63) is 56.5 Å². The molecule has 0 unspecified atom stereocenters. The van der Waals surface area contributed by atoms with E-state index in [1.165, 1.54) is 0 Å². The van der Waals surface area contributed by atoms with E-state index in [0.29, 0.717) is 19.1 Å². The molecular weight excluding hydrogens is 375 g/mol. The molecular formula is C16H13BrCl2O2. The van der Waals surface area contributed by atoms with E-state index in [9.17, 15) is 0 Å². The van der Waals surface area contributed by atoms with Crippen LogP contribution in [0.4, 0.5) is 0 Å². The molecule has 5 heteroatoms. The highest BCUT2D eigenvalue weighted by atomic mass is 79.9. The van der Waals surface area contributed by atoms with Gasteiger partial charge in [-0.05, 0) is 51.3 Å². The van der Waals surface area contributed by atoms with Crippen molar-refractivity contribution < 1.29 is 9.47 Å². The minimum absolute atomic E-state index is 0.418. The Bertz CT molecular complexity index is 674. The number of alkyl halides is 1. The van der Waals surface area contributed by atoms with Crippen LogP contribution in [-0.2, 0) is 18.9 Å². The van der Waals surface area contributed by atoms with Crippen LogP contribution in [-0.4, -0.2) is 6.61 Å². The first-order valence-electron chi connectivity index (χ1n) is 6.58. The average molecular weight is 388 g/mol. The maximum atomic E-state index is 6.15. The fourth-order valence-electron chi connectivity index (χ4n) is 2.35. The Morgan fingerprint density at radius 2 is 2.10 bits per heavy atom. The first-order chi connectivity index (χ1) is 10.2. The van der Waals surface area contributed by atoms with Gasteiger partial charge in [-0.25, -0.2) is 0 Å². The van der Waals surface area contributed by atoms with Gasteiger partial charge in [0.1, 0.15) is 18.1 Å². The van der Waals surface area contributed by atoms with Crippen molar-refractivity contribution in [3.63, 3.8) is 0 Å². The predicted octanol–water partition coefficient (Wildman–Crippen LogP) is 5.36. The van der Waals surface area contributed by atoms with E-state index < -0.39 is 0 Å². The minimum Gasteiger partial charge on any atom is -0.493 e. The number of hydrogen-bond donors (Lipinski definition) is 0. The lowest BCUT2D eigenvalue weighted by atomic mass is 10.1. The number of halogens is 3. The van der Waals surface area contributed by atoms with E-state index in [1.807, 2.05) is 30.3 Å². The topological polar surface area (TPSA) is 18.5 Å². The molecule has 0 atom stereocenters. The summed E-state index contributed by atoms with van der Waals surface area (Å²) in [5.74, 6) is 2.16. The van der Waals surface area contributed by atoms with Gasteiger partial charge in [0.25, 0.3) is 0 Å². The van der Waals surface area contributed by atoms with Crippen molar-refractivity contribution in [2.24, 2.45) is 0 Å². The summed E-state index contributed by atoms with van der Waals surface area (Å²) < 4.78 is 12.4. The van der Waals surface area contributed by atoms with Crippen molar-refractivity contribution in [3.8, 4) is 11.5 Å². The summed E-state index contributed by atoms with van der Waals surface area (Å²) in [6.45, 7) is 1.12. The molecule has 2 aromatic carbocycles. The molecule has 0 saturated heterocycles. The molecule has 0 saturated carbocycles. The maximum Gasteiger partial charge on any atom is 0.134 e. The van der Waals surface area contributed by atoms with Crippen LogP contribution in [0.1, 0.15) is 16.7 Å². The van der Waals surface area contributed by atoms with Gasteiger partial charge in [0.15, 0.2) is 0 Å². The van der Waals surface area contributed by atoms with Crippen molar-refractivity contribution in [1.82, 2.24) is 0 Å². The highest BCUT2D eigenvalue weighted by Crippen LogP contribution is 2.34. The summed E-state index contributed by atoms with van der Waals surface area (Å²) >= 11 is 15.5. The van der Waals surface area contributed by atoms with Gasteiger partial charge in [-0.2, -0.15) is 0 Å². The van der Waals surface area contributed by atoms with Crippen LogP contribution in [0.5, 0.6) is 11.5 Å². The molecule has 0 aliphatic carbocycles. The fourth-order valence-corrected chi connectivity index (χ4v) is 3.32. The first kappa shape index (κ1) is 15.0. The second-order valence-electron chi connectivity index (χ2n) is 4.84. The van der Waals surface area contributed by atoms with E-state index in [-0.39, 0.29) is 0 Å². The van der Waals surface area contributed by atoms with Crippen molar-refractivity contribution in [2.45, 2.75) is 18.9 Å². The third-order valence-corrected chi connectivity index (χ3v) is 4.51. The third-order valence-electron chi connectivity index (χ3n) is 3.36. The lowest BCUT2D eigenvalue weighted by Crippen LogP contribution is -1.99. The van der Waals surface area contributed by atoms with Crippen LogP contribution in [0, 0.1) is 0 Å². The van der Waals surface area contributed by atoms with Crippen LogP contribution in [0.25, 0.3) is 0 Å². The second kappa shape index (κ2) is 6.47. The number of ether oxygens (including phenoxy) is 2. The normalized spacial score (nSPS) is 12.9. The molecule has 0 N–H and O–H groups in total. The van der Waals surface area contributed by atoms with Gasteiger partial charge < -0.3 is 9.47 Å². The van der Waals surface area contributed by atoms with Gasteiger partial charge in [0.2, 0.25) is 0 Å². The fraction of sp³-hybridized carbons (Fsp3) is 0.250. The van der Waals surface area contributed by atoms with E-state index in [2.05, 4.69) is 15.9 Å². The van der Waals surface area contributed by atoms with E-state index in [1.54, 1.807) is 0 Å². The van der Waals surface area contributed by atoms with Gasteiger partial charge in [-0.3, -0.25) is 0 Å². The quantitative estimate of drug-likeness (QED) is 0.658. The van der Waals surface area contributed by atoms with Gasteiger partial charge >= 0.3 is 0 Å². The molecule has 0 fully saturated rings. The van der Waals surface area contributed by atoms with Gasteiger partial charge in [0, 0.05) is 22.9 Å². The Kier molecular flexibility index (Phi) is 4.63. The van der Waals surface area contributed by atoms with Gasteiger partial charge in [-0.1, -0.05) is 17.7 Å². The molecule has 2 aromatic rings. The molecule has 0 spiro atoms. The largest absolute Gasteiger partial charge is 0.493 e. The second-order valence-corrected chi connectivity index (χ2v) is 6.40. The maximum absolute atomic E-state index is 6.15. The van der Waals surface area contributed by atoms with E-state index in [0.717, 1.165) is 44.1 Å². The molecule has 3 rings (SSSR count).